The summed E-state index contributed by atoms with van der Waals surface area (Å²) in [5, 5.41) is 69.0. The molecule has 2 aliphatic rings. The van der Waals surface area contributed by atoms with Crippen LogP contribution in [-0.2, 0) is 18.9 Å². The number of rotatable bonds is 7. The van der Waals surface area contributed by atoms with Crippen molar-refractivity contribution in [2.24, 2.45) is 0 Å². The summed E-state index contributed by atoms with van der Waals surface area (Å²) >= 11 is 0. The fourth-order valence-electron chi connectivity index (χ4n) is 2.91. The smallest absolute Gasteiger partial charge is 0.224 e. The second kappa shape index (κ2) is 8.71. The highest BCUT2D eigenvalue weighted by Gasteiger charge is 2.58. The minimum Gasteiger partial charge on any atom is -0.394 e. The van der Waals surface area contributed by atoms with Gasteiger partial charge in [-0.05, 0) is 13.8 Å². The van der Waals surface area contributed by atoms with Gasteiger partial charge in [-0.15, -0.1) is 0 Å². The van der Waals surface area contributed by atoms with Crippen LogP contribution in [0, 0.1) is 0 Å². The number of hydrogen-bond donors (Lipinski definition) is 7. The molecule has 26 heavy (non-hydrogen) atoms. The van der Waals surface area contributed by atoms with Crippen LogP contribution in [0.5, 0.6) is 0 Å². The zero-order valence-corrected chi connectivity index (χ0v) is 14.6. The molecule has 0 aromatic rings. The molecule has 0 spiro atoms. The molecule has 0 radical (unpaired) electrons. The molecule has 0 bridgehead atoms. The van der Waals surface area contributed by atoms with Crippen LogP contribution >= 0.6 is 0 Å². The quantitative estimate of drug-likeness (QED) is 0.228. The maximum absolute atomic E-state index is 10.3. The van der Waals surface area contributed by atoms with Gasteiger partial charge in [0.1, 0.15) is 49.3 Å². The number of ether oxygens (including phenoxy) is 4. The van der Waals surface area contributed by atoms with Crippen molar-refractivity contribution in [3.05, 3.63) is 0 Å². The molecule has 0 aliphatic carbocycles. The molecule has 2 saturated heterocycles. The third kappa shape index (κ3) is 4.18. The second-order valence-electron chi connectivity index (χ2n) is 6.76. The third-order valence-corrected chi connectivity index (χ3v) is 4.48. The van der Waals surface area contributed by atoms with E-state index in [2.05, 4.69) is 0 Å². The van der Waals surface area contributed by atoms with Gasteiger partial charge in [0.15, 0.2) is 6.29 Å². The third-order valence-electron chi connectivity index (χ3n) is 4.48. The second-order valence-corrected chi connectivity index (χ2v) is 6.76. The highest BCUT2D eigenvalue weighted by molar-refractivity contribution is 4.98. The Morgan fingerprint density at radius 2 is 1.58 bits per heavy atom. The van der Waals surface area contributed by atoms with E-state index in [9.17, 15) is 35.7 Å². The summed E-state index contributed by atoms with van der Waals surface area (Å²) in [5.41, 5.74) is 0. The van der Waals surface area contributed by atoms with Crippen molar-refractivity contribution < 1.29 is 54.7 Å². The molecule has 0 aromatic heterocycles. The predicted molar refractivity (Wildman–Crippen MR) is 82.6 cm³/mol. The van der Waals surface area contributed by atoms with Crippen LogP contribution in [-0.4, -0.2) is 116 Å². The summed E-state index contributed by atoms with van der Waals surface area (Å²) < 4.78 is 21.4. The molecule has 11 heteroatoms. The van der Waals surface area contributed by atoms with Gasteiger partial charge in [-0.3, -0.25) is 0 Å². The molecule has 154 valence electrons. The van der Waals surface area contributed by atoms with Crippen LogP contribution in [0.1, 0.15) is 13.8 Å². The summed E-state index contributed by atoms with van der Waals surface area (Å²) in [6.45, 7) is 1.87. The topological polar surface area (TPSA) is 179 Å². The van der Waals surface area contributed by atoms with E-state index in [1.807, 2.05) is 0 Å². The summed E-state index contributed by atoms with van der Waals surface area (Å²) in [4.78, 5) is 0. The molecule has 11 nitrogen and oxygen atoms in total. The number of aliphatic hydroxyl groups is 7. The molecule has 2 fully saturated rings. The maximum atomic E-state index is 10.3. The van der Waals surface area contributed by atoms with Gasteiger partial charge in [0, 0.05) is 0 Å². The number of hydrogen-bond acceptors (Lipinski definition) is 11. The maximum Gasteiger partial charge on any atom is 0.224 e. The molecular formula is C15H28O11. The van der Waals surface area contributed by atoms with E-state index in [4.69, 9.17) is 18.9 Å². The van der Waals surface area contributed by atoms with Crippen molar-refractivity contribution in [2.45, 2.75) is 74.8 Å². The first kappa shape index (κ1) is 21.9. The van der Waals surface area contributed by atoms with E-state index >= 15 is 0 Å². The number of aliphatic hydroxyl groups excluding tert-OH is 7. The predicted octanol–water partition coefficient (Wildman–Crippen LogP) is -3.96. The van der Waals surface area contributed by atoms with Gasteiger partial charge in [0.25, 0.3) is 0 Å². The minimum atomic E-state index is -2.15. The monoisotopic (exact) mass is 384 g/mol. The minimum absolute atomic E-state index is 0.0876. The van der Waals surface area contributed by atoms with Crippen molar-refractivity contribution in [3.8, 4) is 0 Å². The van der Waals surface area contributed by atoms with Gasteiger partial charge in [-0.1, -0.05) is 0 Å². The largest absolute Gasteiger partial charge is 0.394 e. The van der Waals surface area contributed by atoms with Crippen LogP contribution < -0.4 is 0 Å². The Morgan fingerprint density at radius 1 is 0.923 bits per heavy atom. The van der Waals surface area contributed by atoms with Crippen LogP contribution in [0.25, 0.3) is 0 Å². The van der Waals surface area contributed by atoms with Crippen molar-refractivity contribution in [1.29, 1.82) is 0 Å². The fourth-order valence-corrected chi connectivity index (χ4v) is 2.91. The van der Waals surface area contributed by atoms with E-state index in [-0.39, 0.29) is 12.7 Å². The van der Waals surface area contributed by atoms with Crippen molar-refractivity contribution in [2.75, 3.05) is 19.8 Å². The van der Waals surface area contributed by atoms with Crippen molar-refractivity contribution in [3.63, 3.8) is 0 Å². The highest BCUT2D eigenvalue weighted by Crippen LogP contribution is 2.36. The summed E-state index contributed by atoms with van der Waals surface area (Å²) in [7, 11) is 0. The Kier molecular flexibility index (Phi) is 7.32. The van der Waals surface area contributed by atoms with E-state index in [1.165, 1.54) is 0 Å². The lowest BCUT2D eigenvalue weighted by Crippen LogP contribution is -2.62. The normalized spacial score (nSPS) is 46.8. The average molecular weight is 384 g/mol. The van der Waals surface area contributed by atoms with Gasteiger partial charge in [0.2, 0.25) is 5.79 Å². The fraction of sp³-hybridized carbons (Fsp3) is 1.00. The van der Waals surface area contributed by atoms with Gasteiger partial charge >= 0.3 is 0 Å². The average Bonchev–Trinajstić information content (AvgIpc) is 2.85. The lowest BCUT2D eigenvalue weighted by molar-refractivity contribution is -0.383. The summed E-state index contributed by atoms with van der Waals surface area (Å²) in [6.07, 6.45) is -12.3. The SMILES string of the molecule is CC(C)OCC1O[C@@](CO)(OC2OC(CO)C(O)C(O)C2O)[C@H](O)C1O. The van der Waals surface area contributed by atoms with Crippen LogP contribution in [0.2, 0.25) is 0 Å². The molecule has 9 atom stereocenters. The summed E-state index contributed by atoms with van der Waals surface area (Å²) in [6, 6.07) is 0. The Labute approximate surface area is 150 Å². The molecule has 0 saturated carbocycles. The first-order valence-corrected chi connectivity index (χ1v) is 8.41. The van der Waals surface area contributed by atoms with Gasteiger partial charge in [0.05, 0.1) is 19.3 Å². The van der Waals surface area contributed by atoms with Crippen LogP contribution in [0.3, 0.4) is 0 Å². The lowest BCUT2D eigenvalue weighted by Gasteiger charge is -2.43. The van der Waals surface area contributed by atoms with E-state index in [0.717, 1.165) is 0 Å². The first-order chi connectivity index (χ1) is 12.2. The Hall–Kier alpha value is -0.440. The zero-order valence-electron chi connectivity index (χ0n) is 14.6. The molecule has 2 heterocycles. The lowest BCUT2D eigenvalue weighted by atomic mass is 9.99. The molecule has 7 unspecified atom stereocenters. The van der Waals surface area contributed by atoms with Gasteiger partial charge in [-0.25, -0.2) is 0 Å². The molecular weight excluding hydrogens is 356 g/mol. The molecule has 2 aliphatic heterocycles. The van der Waals surface area contributed by atoms with Crippen molar-refractivity contribution in [1.82, 2.24) is 0 Å². The molecule has 0 aromatic carbocycles. The molecule has 2 rings (SSSR count). The van der Waals surface area contributed by atoms with E-state index < -0.39 is 68.0 Å². The van der Waals surface area contributed by atoms with Gasteiger partial charge < -0.3 is 54.7 Å². The Bertz CT molecular complexity index is 447. The van der Waals surface area contributed by atoms with E-state index in [1.54, 1.807) is 13.8 Å². The standard InChI is InChI=1S/C15H28O11/c1-6(2)23-4-8-10(19)13(22)15(5-17,25-8)26-14-12(21)11(20)9(18)7(3-16)24-14/h6-14,16-22H,3-5H2,1-2H3/t7?,8?,9?,10?,11?,12?,13-,14?,15+/m1/s1. The highest BCUT2D eigenvalue weighted by atomic mass is 16.8. The van der Waals surface area contributed by atoms with Gasteiger partial charge in [-0.2, -0.15) is 0 Å². The Morgan fingerprint density at radius 3 is 2.12 bits per heavy atom. The molecule has 0 amide bonds. The first-order valence-electron chi connectivity index (χ1n) is 8.41. The summed E-state index contributed by atoms with van der Waals surface area (Å²) in [5.74, 6) is -2.15. The van der Waals surface area contributed by atoms with Crippen LogP contribution in [0.4, 0.5) is 0 Å². The van der Waals surface area contributed by atoms with Crippen LogP contribution in [0.15, 0.2) is 0 Å². The molecule has 7 N–H and O–H groups in total. The zero-order chi connectivity index (χ0) is 19.6. The van der Waals surface area contributed by atoms with Crippen molar-refractivity contribution >= 4 is 0 Å². The van der Waals surface area contributed by atoms with E-state index in [0.29, 0.717) is 0 Å². The Balaban J connectivity index is 2.13.